The molecule has 0 unspecified atom stereocenters. The predicted octanol–water partition coefficient (Wildman–Crippen LogP) is 0.264. The van der Waals surface area contributed by atoms with Crippen molar-refractivity contribution in [3.8, 4) is 0 Å². The summed E-state index contributed by atoms with van der Waals surface area (Å²) in [7, 11) is -3.01. The van der Waals surface area contributed by atoms with Crippen molar-refractivity contribution in [3.63, 3.8) is 0 Å². The lowest BCUT2D eigenvalue weighted by Crippen LogP contribution is -2.37. The van der Waals surface area contributed by atoms with Gasteiger partial charge in [-0.25, -0.2) is 13.2 Å². The number of carbonyl (C=O) groups is 2. The molecular formula is C14H25N3O4S. The van der Waals surface area contributed by atoms with Gasteiger partial charge in [0.1, 0.15) is 0 Å². The summed E-state index contributed by atoms with van der Waals surface area (Å²) in [6.45, 7) is 3.12. The lowest BCUT2D eigenvalue weighted by Gasteiger charge is -2.21. The number of rotatable bonds is 8. The Balaban J connectivity index is 1.63. The SMILES string of the molecule is CCC(=O)NCCCCCCN1C(=O)N[C@H]2CS(=O)(=O)C[C@@H]21. The number of urea groups is 1. The van der Waals surface area contributed by atoms with E-state index in [9.17, 15) is 18.0 Å². The minimum Gasteiger partial charge on any atom is -0.356 e. The number of hydrogen-bond acceptors (Lipinski definition) is 4. The van der Waals surface area contributed by atoms with Crippen LogP contribution in [0.4, 0.5) is 4.79 Å². The first-order valence-corrected chi connectivity index (χ1v) is 9.79. The van der Waals surface area contributed by atoms with E-state index >= 15 is 0 Å². The second kappa shape index (κ2) is 7.30. The van der Waals surface area contributed by atoms with Crippen LogP contribution >= 0.6 is 0 Å². The van der Waals surface area contributed by atoms with Gasteiger partial charge in [0.05, 0.1) is 23.6 Å². The second-order valence-corrected chi connectivity index (χ2v) is 8.17. The van der Waals surface area contributed by atoms with Crippen LogP contribution in [-0.4, -0.2) is 61.9 Å². The second-order valence-electron chi connectivity index (χ2n) is 6.01. The van der Waals surface area contributed by atoms with Crippen LogP contribution in [0.1, 0.15) is 39.0 Å². The minimum atomic E-state index is -3.01. The molecule has 0 aromatic heterocycles. The molecule has 0 aromatic carbocycles. The molecule has 2 heterocycles. The van der Waals surface area contributed by atoms with Crippen LogP contribution in [0.3, 0.4) is 0 Å². The number of nitrogens with one attached hydrogen (secondary N) is 2. The first-order valence-electron chi connectivity index (χ1n) is 7.97. The van der Waals surface area contributed by atoms with Gasteiger partial charge in [0, 0.05) is 19.5 Å². The van der Waals surface area contributed by atoms with Crippen LogP contribution < -0.4 is 10.6 Å². The highest BCUT2D eigenvalue weighted by molar-refractivity contribution is 7.91. The number of nitrogens with zero attached hydrogens (tertiary/aromatic N) is 1. The molecule has 2 aliphatic heterocycles. The molecule has 2 fully saturated rings. The summed E-state index contributed by atoms with van der Waals surface area (Å²) in [5.74, 6) is 0.221. The fourth-order valence-corrected chi connectivity index (χ4v) is 4.97. The maximum absolute atomic E-state index is 11.8. The minimum absolute atomic E-state index is 0.0665. The van der Waals surface area contributed by atoms with Gasteiger partial charge in [-0.05, 0) is 12.8 Å². The molecule has 2 atom stereocenters. The van der Waals surface area contributed by atoms with Gasteiger partial charge >= 0.3 is 6.03 Å². The highest BCUT2D eigenvalue weighted by Gasteiger charge is 2.48. The van der Waals surface area contributed by atoms with Gasteiger partial charge in [0.25, 0.3) is 0 Å². The topological polar surface area (TPSA) is 95.6 Å². The summed E-state index contributed by atoms with van der Waals surface area (Å²) in [4.78, 5) is 24.6. The molecule has 0 radical (unpaired) electrons. The van der Waals surface area contributed by atoms with E-state index in [0.29, 0.717) is 19.5 Å². The zero-order chi connectivity index (χ0) is 16.2. The summed E-state index contributed by atoms with van der Waals surface area (Å²) in [6.07, 6.45) is 4.26. The van der Waals surface area contributed by atoms with Crippen molar-refractivity contribution in [2.45, 2.75) is 51.1 Å². The molecule has 0 bridgehead atoms. The molecular weight excluding hydrogens is 306 g/mol. The van der Waals surface area contributed by atoms with Gasteiger partial charge < -0.3 is 15.5 Å². The van der Waals surface area contributed by atoms with Crippen molar-refractivity contribution in [1.82, 2.24) is 15.5 Å². The van der Waals surface area contributed by atoms with E-state index in [1.54, 1.807) is 4.90 Å². The van der Waals surface area contributed by atoms with E-state index < -0.39 is 9.84 Å². The molecule has 0 spiro atoms. The van der Waals surface area contributed by atoms with Crippen LogP contribution in [0.15, 0.2) is 0 Å². The van der Waals surface area contributed by atoms with E-state index in [0.717, 1.165) is 25.7 Å². The lowest BCUT2D eigenvalue weighted by atomic mass is 10.1. The number of unbranched alkanes of at least 4 members (excludes halogenated alkanes) is 3. The summed E-state index contributed by atoms with van der Waals surface area (Å²) < 4.78 is 23.2. The van der Waals surface area contributed by atoms with Crippen LogP contribution in [0.2, 0.25) is 0 Å². The van der Waals surface area contributed by atoms with E-state index in [1.165, 1.54) is 0 Å². The molecule has 3 amide bonds. The predicted molar refractivity (Wildman–Crippen MR) is 83.2 cm³/mol. The first-order chi connectivity index (χ1) is 10.4. The molecule has 2 rings (SSSR count). The maximum atomic E-state index is 11.8. The fourth-order valence-electron chi connectivity index (χ4n) is 3.05. The van der Waals surface area contributed by atoms with Crippen LogP contribution in [0, 0.1) is 0 Å². The first kappa shape index (κ1) is 17.1. The number of carbonyl (C=O) groups excluding carboxylic acids is 2. The van der Waals surface area contributed by atoms with Crippen LogP contribution in [-0.2, 0) is 14.6 Å². The molecule has 0 saturated carbocycles. The molecule has 0 aromatic rings. The Labute approximate surface area is 131 Å². The third kappa shape index (κ3) is 4.34. The number of hydrogen-bond donors (Lipinski definition) is 2. The van der Waals surface area contributed by atoms with E-state index in [2.05, 4.69) is 10.6 Å². The van der Waals surface area contributed by atoms with Crippen LogP contribution in [0.5, 0.6) is 0 Å². The van der Waals surface area contributed by atoms with Gasteiger partial charge in [-0.1, -0.05) is 19.8 Å². The highest BCUT2D eigenvalue weighted by atomic mass is 32.2. The Kier molecular flexibility index (Phi) is 5.66. The van der Waals surface area contributed by atoms with Crippen molar-refractivity contribution in [1.29, 1.82) is 0 Å². The molecule has 2 N–H and O–H groups in total. The zero-order valence-corrected chi connectivity index (χ0v) is 13.8. The summed E-state index contributed by atoms with van der Waals surface area (Å²) in [6, 6.07) is -0.566. The van der Waals surface area contributed by atoms with E-state index in [1.807, 2.05) is 6.92 Å². The largest absolute Gasteiger partial charge is 0.356 e. The van der Waals surface area contributed by atoms with Crippen molar-refractivity contribution >= 4 is 21.8 Å². The lowest BCUT2D eigenvalue weighted by molar-refractivity contribution is -0.120. The molecule has 22 heavy (non-hydrogen) atoms. The monoisotopic (exact) mass is 331 g/mol. The summed E-state index contributed by atoms with van der Waals surface area (Å²) in [5.41, 5.74) is 0. The van der Waals surface area contributed by atoms with Gasteiger partial charge in [0.15, 0.2) is 9.84 Å². The molecule has 8 heteroatoms. The third-order valence-corrected chi connectivity index (χ3v) is 5.98. The van der Waals surface area contributed by atoms with E-state index in [4.69, 9.17) is 0 Å². The van der Waals surface area contributed by atoms with E-state index in [-0.39, 0.29) is 35.5 Å². The molecule has 126 valence electrons. The molecule has 7 nitrogen and oxygen atoms in total. The summed E-state index contributed by atoms with van der Waals surface area (Å²) >= 11 is 0. The van der Waals surface area contributed by atoms with Gasteiger partial charge in [-0.15, -0.1) is 0 Å². The zero-order valence-electron chi connectivity index (χ0n) is 13.0. The van der Waals surface area contributed by atoms with Crippen molar-refractivity contribution in [2.24, 2.45) is 0 Å². The number of fused-ring (bicyclic) bond motifs is 1. The maximum Gasteiger partial charge on any atom is 0.318 e. The van der Waals surface area contributed by atoms with Crippen molar-refractivity contribution in [3.05, 3.63) is 0 Å². The average Bonchev–Trinajstić information content (AvgIpc) is 2.89. The Morgan fingerprint density at radius 1 is 1.27 bits per heavy atom. The highest BCUT2D eigenvalue weighted by Crippen LogP contribution is 2.24. The molecule has 2 saturated heterocycles. The smallest absolute Gasteiger partial charge is 0.318 e. The third-order valence-electron chi connectivity index (χ3n) is 4.26. The van der Waals surface area contributed by atoms with Crippen molar-refractivity contribution in [2.75, 3.05) is 24.6 Å². The Hall–Kier alpha value is -1.31. The standard InChI is InChI=1S/C14H25N3O4S/c1-2-13(18)15-7-5-3-4-6-8-17-12-10-22(20,21)9-11(12)16-14(17)19/h11-12H,2-10H2,1H3,(H,15,18)(H,16,19)/t11-,12-/m0/s1. The van der Waals surface area contributed by atoms with Crippen LogP contribution in [0.25, 0.3) is 0 Å². The fraction of sp³-hybridized carbons (Fsp3) is 0.857. The Morgan fingerprint density at radius 3 is 2.73 bits per heavy atom. The van der Waals surface area contributed by atoms with Crippen molar-refractivity contribution < 1.29 is 18.0 Å². The Bertz CT molecular complexity index is 520. The summed E-state index contributed by atoms with van der Waals surface area (Å²) in [5, 5.41) is 5.59. The Morgan fingerprint density at radius 2 is 2.00 bits per heavy atom. The normalized spacial score (nSPS) is 25.9. The average molecular weight is 331 g/mol. The van der Waals surface area contributed by atoms with Gasteiger partial charge in [0.2, 0.25) is 5.91 Å². The molecule has 2 aliphatic rings. The van der Waals surface area contributed by atoms with Gasteiger partial charge in [-0.2, -0.15) is 0 Å². The van der Waals surface area contributed by atoms with Gasteiger partial charge in [-0.3, -0.25) is 4.79 Å². The number of amides is 3. The molecule has 0 aliphatic carbocycles. The number of sulfone groups is 1. The quantitative estimate of drug-likeness (QED) is 0.493.